The number of carbonyl (C=O) groups is 2. The zero-order valence-corrected chi connectivity index (χ0v) is 19.1. The van der Waals surface area contributed by atoms with Crippen molar-refractivity contribution in [3.05, 3.63) is 71.1 Å². The Labute approximate surface area is 195 Å². The maximum Gasteiger partial charge on any atom is 0.268 e. The SMILES string of the molecule is Cc1ccc(NC(=O)C2CC(=O)N(c3cccc(-c4noc(-c5cccs5)n4)c3)C2)cc1C. The van der Waals surface area contributed by atoms with E-state index >= 15 is 0 Å². The molecule has 1 fully saturated rings. The first kappa shape index (κ1) is 21.1. The molecule has 4 aromatic rings. The molecule has 1 N–H and O–H groups in total. The van der Waals surface area contributed by atoms with Crippen molar-refractivity contribution in [2.45, 2.75) is 20.3 Å². The number of hydrogen-bond donors (Lipinski definition) is 1. The second-order valence-corrected chi connectivity index (χ2v) is 9.09. The summed E-state index contributed by atoms with van der Waals surface area (Å²) in [5.74, 6) is 0.267. The Hall–Kier alpha value is -3.78. The van der Waals surface area contributed by atoms with Gasteiger partial charge < -0.3 is 14.7 Å². The van der Waals surface area contributed by atoms with E-state index in [-0.39, 0.29) is 18.2 Å². The third-order valence-electron chi connectivity index (χ3n) is 5.84. The van der Waals surface area contributed by atoms with Crippen molar-refractivity contribution < 1.29 is 14.1 Å². The topological polar surface area (TPSA) is 88.3 Å². The normalized spacial score (nSPS) is 15.8. The lowest BCUT2D eigenvalue weighted by Crippen LogP contribution is -2.28. The Balaban J connectivity index is 1.31. The van der Waals surface area contributed by atoms with E-state index in [1.54, 1.807) is 4.90 Å². The van der Waals surface area contributed by atoms with Crippen LogP contribution in [-0.2, 0) is 9.59 Å². The van der Waals surface area contributed by atoms with Gasteiger partial charge in [-0.1, -0.05) is 29.4 Å². The lowest BCUT2D eigenvalue weighted by Gasteiger charge is -2.17. The second-order valence-electron chi connectivity index (χ2n) is 8.14. The number of aromatic nitrogens is 2. The van der Waals surface area contributed by atoms with E-state index in [9.17, 15) is 9.59 Å². The summed E-state index contributed by atoms with van der Waals surface area (Å²) in [6.45, 7) is 4.36. The largest absolute Gasteiger partial charge is 0.333 e. The fourth-order valence-corrected chi connectivity index (χ4v) is 4.49. The molecule has 0 bridgehead atoms. The van der Waals surface area contributed by atoms with Gasteiger partial charge in [0.1, 0.15) is 0 Å². The van der Waals surface area contributed by atoms with Crippen molar-refractivity contribution >= 4 is 34.5 Å². The average molecular weight is 459 g/mol. The van der Waals surface area contributed by atoms with Crippen molar-refractivity contribution in [3.8, 4) is 22.2 Å². The van der Waals surface area contributed by atoms with E-state index in [0.29, 0.717) is 23.9 Å². The highest BCUT2D eigenvalue weighted by atomic mass is 32.1. The predicted molar refractivity (Wildman–Crippen MR) is 128 cm³/mol. The molecule has 166 valence electrons. The van der Waals surface area contributed by atoms with Crippen LogP contribution in [0.25, 0.3) is 22.2 Å². The van der Waals surface area contributed by atoms with E-state index in [1.807, 2.05) is 73.8 Å². The second kappa shape index (κ2) is 8.63. The molecule has 0 saturated carbocycles. The summed E-state index contributed by atoms with van der Waals surface area (Å²) in [7, 11) is 0. The highest BCUT2D eigenvalue weighted by molar-refractivity contribution is 7.13. The Morgan fingerprint density at radius 1 is 1.12 bits per heavy atom. The summed E-state index contributed by atoms with van der Waals surface area (Å²) >= 11 is 1.53. The van der Waals surface area contributed by atoms with Gasteiger partial charge in [0.25, 0.3) is 5.89 Å². The van der Waals surface area contributed by atoms with Crippen molar-refractivity contribution in [1.29, 1.82) is 0 Å². The van der Waals surface area contributed by atoms with Gasteiger partial charge in [0.05, 0.1) is 10.8 Å². The molecule has 5 rings (SSSR count). The zero-order chi connectivity index (χ0) is 22.9. The smallest absolute Gasteiger partial charge is 0.268 e. The van der Waals surface area contributed by atoms with Crippen LogP contribution in [0.4, 0.5) is 11.4 Å². The summed E-state index contributed by atoms with van der Waals surface area (Å²) in [6.07, 6.45) is 0.172. The molecule has 1 aliphatic heterocycles. The number of carbonyl (C=O) groups excluding carboxylic acids is 2. The van der Waals surface area contributed by atoms with Gasteiger partial charge in [-0.15, -0.1) is 11.3 Å². The number of anilines is 2. The molecule has 7 nitrogen and oxygen atoms in total. The molecular formula is C25H22N4O3S. The van der Waals surface area contributed by atoms with E-state index in [0.717, 1.165) is 21.7 Å². The van der Waals surface area contributed by atoms with Crippen LogP contribution in [0.1, 0.15) is 17.5 Å². The summed E-state index contributed by atoms with van der Waals surface area (Å²) in [5.41, 5.74) is 4.47. The van der Waals surface area contributed by atoms with E-state index in [4.69, 9.17) is 4.52 Å². The lowest BCUT2D eigenvalue weighted by molar-refractivity contribution is -0.122. The molecular weight excluding hydrogens is 436 g/mol. The molecule has 2 aromatic heterocycles. The molecule has 0 radical (unpaired) electrons. The number of benzene rings is 2. The molecule has 33 heavy (non-hydrogen) atoms. The Morgan fingerprint density at radius 2 is 2.00 bits per heavy atom. The zero-order valence-electron chi connectivity index (χ0n) is 18.2. The minimum atomic E-state index is -0.418. The summed E-state index contributed by atoms with van der Waals surface area (Å²) < 4.78 is 5.39. The molecule has 1 saturated heterocycles. The summed E-state index contributed by atoms with van der Waals surface area (Å²) in [6, 6.07) is 17.1. The number of thiophene rings is 1. The van der Waals surface area contributed by atoms with Crippen LogP contribution >= 0.6 is 11.3 Å². The lowest BCUT2D eigenvalue weighted by atomic mass is 10.1. The van der Waals surface area contributed by atoms with Gasteiger partial charge in [-0.25, -0.2) is 0 Å². The first-order valence-electron chi connectivity index (χ1n) is 10.6. The van der Waals surface area contributed by atoms with Crippen LogP contribution in [0.3, 0.4) is 0 Å². The predicted octanol–water partition coefficient (Wildman–Crippen LogP) is 5.07. The third kappa shape index (κ3) is 4.29. The van der Waals surface area contributed by atoms with E-state index in [1.165, 1.54) is 16.9 Å². The molecule has 1 aliphatic rings. The minimum Gasteiger partial charge on any atom is -0.333 e. The fraction of sp³-hybridized carbons (Fsp3) is 0.200. The van der Waals surface area contributed by atoms with Crippen molar-refractivity contribution in [2.24, 2.45) is 5.92 Å². The van der Waals surface area contributed by atoms with Gasteiger partial charge in [0.2, 0.25) is 17.6 Å². The first-order valence-corrected chi connectivity index (χ1v) is 11.5. The number of hydrogen-bond acceptors (Lipinski definition) is 6. The van der Waals surface area contributed by atoms with E-state index < -0.39 is 5.92 Å². The molecule has 1 atom stereocenters. The molecule has 0 spiro atoms. The highest BCUT2D eigenvalue weighted by Gasteiger charge is 2.35. The maximum absolute atomic E-state index is 12.8. The minimum absolute atomic E-state index is 0.0835. The maximum atomic E-state index is 12.8. The third-order valence-corrected chi connectivity index (χ3v) is 6.70. The number of nitrogens with one attached hydrogen (secondary N) is 1. The molecule has 1 unspecified atom stereocenters. The van der Waals surface area contributed by atoms with Crippen molar-refractivity contribution in [1.82, 2.24) is 10.1 Å². The molecule has 8 heteroatoms. The fourth-order valence-electron chi connectivity index (χ4n) is 3.85. The Bertz CT molecular complexity index is 1330. The number of aryl methyl sites for hydroxylation is 2. The van der Waals surface area contributed by atoms with Crippen molar-refractivity contribution in [2.75, 3.05) is 16.8 Å². The van der Waals surface area contributed by atoms with Gasteiger partial charge >= 0.3 is 0 Å². The number of amides is 2. The number of nitrogens with zero attached hydrogens (tertiary/aromatic N) is 3. The van der Waals surface area contributed by atoms with Crippen LogP contribution < -0.4 is 10.2 Å². The van der Waals surface area contributed by atoms with Crippen LogP contribution in [0.5, 0.6) is 0 Å². The van der Waals surface area contributed by atoms with Crippen LogP contribution in [0, 0.1) is 19.8 Å². The number of rotatable bonds is 5. The van der Waals surface area contributed by atoms with Gasteiger partial charge in [-0.3, -0.25) is 9.59 Å². The first-order chi connectivity index (χ1) is 16.0. The van der Waals surface area contributed by atoms with Gasteiger partial charge in [-0.2, -0.15) is 4.98 Å². The Morgan fingerprint density at radius 3 is 2.79 bits per heavy atom. The monoisotopic (exact) mass is 458 g/mol. The Kier molecular flexibility index (Phi) is 5.51. The van der Waals surface area contributed by atoms with Gasteiger partial charge in [0.15, 0.2) is 0 Å². The molecule has 0 aliphatic carbocycles. The van der Waals surface area contributed by atoms with E-state index in [2.05, 4.69) is 15.5 Å². The molecule has 2 amide bonds. The summed E-state index contributed by atoms with van der Waals surface area (Å²) in [5, 5.41) is 8.98. The molecule has 2 aromatic carbocycles. The summed E-state index contributed by atoms with van der Waals surface area (Å²) in [4.78, 5) is 32.6. The average Bonchev–Trinajstić information content (AvgIpc) is 3.57. The van der Waals surface area contributed by atoms with Crippen LogP contribution in [0.15, 0.2) is 64.5 Å². The highest BCUT2D eigenvalue weighted by Crippen LogP contribution is 2.31. The van der Waals surface area contributed by atoms with Crippen molar-refractivity contribution in [3.63, 3.8) is 0 Å². The van der Waals surface area contributed by atoms with Gasteiger partial charge in [0, 0.05) is 29.9 Å². The standard InChI is InChI=1S/C25H22N4O3S/c1-15-8-9-19(11-16(15)2)26-24(31)18-13-22(30)29(14-18)20-6-3-5-17(12-20)23-27-25(32-28-23)21-7-4-10-33-21/h3-12,18H,13-14H2,1-2H3,(H,26,31). The van der Waals surface area contributed by atoms with Crippen LogP contribution in [-0.4, -0.2) is 28.5 Å². The van der Waals surface area contributed by atoms with Gasteiger partial charge in [-0.05, 0) is 60.7 Å². The van der Waals surface area contributed by atoms with Crippen LogP contribution in [0.2, 0.25) is 0 Å². The quantitative estimate of drug-likeness (QED) is 0.451. The molecule has 3 heterocycles.